The van der Waals surface area contributed by atoms with Crippen LogP contribution in [-0.4, -0.2) is 49.7 Å². The third-order valence-corrected chi connectivity index (χ3v) is 5.15. The molecule has 5 nitrogen and oxygen atoms in total. The molecule has 0 heterocycles. The molecule has 146 valence electrons. The summed E-state index contributed by atoms with van der Waals surface area (Å²) in [5.41, 5.74) is 1.07. The summed E-state index contributed by atoms with van der Waals surface area (Å²) in [6.07, 6.45) is 2.26. The van der Waals surface area contributed by atoms with Crippen molar-refractivity contribution in [1.29, 1.82) is 0 Å². The number of nitrogens with zero attached hydrogens (tertiary/aromatic N) is 1. The van der Waals surface area contributed by atoms with Crippen LogP contribution in [0.3, 0.4) is 0 Å². The fraction of sp³-hybridized carbons (Fsp3) is 0.850. The third kappa shape index (κ3) is 5.45. The molecule has 25 heavy (non-hydrogen) atoms. The fourth-order valence-corrected chi connectivity index (χ4v) is 3.87. The smallest absolute Gasteiger partial charge is 0.410 e. The Morgan fingerprint density at radius 3 is 2.00 bits per heavy atom. The molecule has 0 radical (unpaired) electrons. The van der Waals surface area contributed by atoms with E-state index >= 15 is 0 Å². The van der Waals surface area contributed by atoms with Crippen molar-refractivity contribution in [1.82, 2.24) is 4.90 Å². The summed E-state index contributed by atoms with van der Waals surface area (Å²) in [4.78, 5) is 14.5. The Hall–Kier alpha value is -1.07. The molecule has 0 aromatic rings. The first kappa shape index (κ1) is 22.0. The lowest BCUT2D eigenvalue weighted by molar-refractivity contribution is -0.146. The zero-order chi connectivity index (χ0) is 19.3. The highest BCUT2D eigenvalue weighted by Gasteiger charge is 2.38. The zero-order valence-corrected chi connectivity index (χ0v) is 17.4. The van der Waals surface area contributed by atoms with Gasteiger partial charge in [-0.1, -0.05) is 19.9 Å². The monoisotopic (exact) mass is 355 g/mol. The fourth-order valence-electron chi connectivity index (χ4n) is 3.87. The molecule has 5 heteroatoms. The summed E-state index contributed by atoms with van der Waals surface area (Å²) in [5, 5.41) is 0. The van der Waals surface area contributed by atoms with E-state index in [1.54, 1.807) is 19.1 Å². The molecule has 1 rings (SSSR count). The maximum Gasteiger partial charge on any atom is 0.410 e. The van der Waals surface area contributed by atoms with Crippen LogP contribution < -0.4 is 0 Å². The molecule has 1 aliphatic rings. The van der Waals surface area contributed by atoms with E-state index in [9.17, 15) is 4.79 Å². The molecule has 0 fully saturated rings. The van der Waals surface area contributed by atoms with Gasteiger partial charge in [0.1, 0.15) is 6.10 Å². The van der Waals surface area contributed by atoms with Crippen molar-refractivity contribution in [2.45, 2.75) is 79.4 Å². The van der Waals surface area contributed by atoms with Crippen molar-refractivity contribution < 1.29 is 19.0 Å². The highest BCUT2D eigenvalue weighted by Crippen LogP contribution is 2.38. The normalized spacial score (nSPS) is 24.2. The predicted molar refractivity (Wildman–Crippen MR) is 100 cm³/mol. The van der Waals surface area contributed by atoms with Gasteiger partial charge in [-0.25, -0.2) is 4.79 Å². The Kier molecular flexibility index (Phi) is 8.42. The first-order valence-electron chi connectivity index (χ1n) is 9.36. The Labute approximate surface area is 153 Å². The van der Waals surface area contributed by atoms with E-state index in [-0.39, 0.29) is 36.5 Å². The molecule has 1 amide bonds. The molecular weight excluding hydrogens is 318 g/mol. The van der Waals surface area contributed by atoms with Crippen LogP contribution in [0.5, 0.6) is 0 Å². The van der Waals surface area contributed by atoms with Gasteiger partial charge in [-0.2, -0.15) is 0 Å². The molecule has 0 unspecified atom stereocenters. The van der Waals surface area contributed by atoms with Crippen molar-refractivity contribution in [3.63, 3.8) is 0 Å². The standard InChI is InChI=1S/C20H37NO4/c1-12(2)16-11-18(15(7)10-17(16)19(23-8)24-9)25-20(22)21(13(3)4)14(5)6/h10,12-14,16-19H,11H2,1-9H3/t16-,17+,18-/m1/s1. The Bertz CT molecular complexity index is 447. The lowest BCUT2D eigenvalue weighted by Crippen LogP contribution is -2.45. The second-order valence-corrected chi connectivity index (χ2v) is 7.94. The molecule has 0 aromatic carbocycles. The van der Waals surface area contributed by atoms with E-state index in [0.29, 0.717) is 11.8 Å². The SMILES string of the molecule is COC(OC)[C@H]1C=C(C)[C@H](OC(=O)N(C(C)C)C(C)C)C[C@@H]1C(C)C. The summed E-state index contributed by atoms with van der Waals surface area (Å²) < 4.78 is 16.9. The molecule has 0 saturated carbocycles. The highest BCUT2D eigenvalue weighted by molar-refractivity contribution is 5.68. The maximum atomic E-state index is 12.7. The maximum absolute atomic E-state index is 12.7. The van der Waals surface area contributed by atoms with Crippen LogP contribution in [0.15, 0.2) is 11.6 Å². The number of carbonyl (C=O) groups is 1. The highest BCUT2D eigenvalue weighted by atomic mass is 16.7. The van der Waals surface area contributed by atoms with Gasteiger partial charge in [-0.05, 0) is 58.4 Å². The van der Waals surface area contributed by atoms with E-state index in [2.05, 4.69) is 19.9 Å². The molecule has 0 N–H and O–H groups in total. The molecule has 0 bridgehead atoms. The van der Waals surface area contributed by atoms with Gasteiger partial charge in [0.25, 0.3) is 0 Å². The Balaban J connectivity index is 2.99. The molecule has 0 aromatic heterocycles. The first-order valence-corrected chi connectivity index (χ1v) is 9.36. The lowest BCUT2D eigenvalue weighted by Gasteiger charge is -2.40. The van der Waals surface area contributed by atoms with Gasteiger partial charge in [-0.15, -0.1) is 0 Å². The van der Waals surface area contributed by atoms with Crippen LogP contribution in [0.2, 0.25) is 0 Å². The van der Waals surface area contributed by atoms with Gasteiger partial charge in [0.15, 0.2) is 6.29 Å². The molecule has 3 atom stereocenters. The number of methoxy groups -OCH3 is 2. The largest absolute Gasteiger partial charge is 0.442 e. The zero-order valence-electron chi connectivity index (χ0n) is 17.4. The molecule has 0 spiro atoms. The quantitative estimate of drug-likeness (QED) is 0.499. The van der Waals surface area contributed by atoms with E-state index in [1.807, 2.05) is 34.6 Å². The van der Waals surface area contributed by atoms with Crippen molar-refractivity contribution in [2.75, 3.05) is 14.2 Å². The van der Waals surface area contributed by atoms with Crippen molar-refractivity contribution in [3.05, 3.63) is 11.6 Å². The van der Waals surface area contributed by atoms with Gasteiger partial charge in [0, 0.05) is 32.2 Å². The number of rotatable bonds is 7. The summed E-state index contributed by atoms with van der Waals surface area (Å²) in [7, 11) is 3.34. The van der Waals surface area contributed by atoms with Gasteiger partial charge in [0.05, 0.1) is 0 Å². The summed E-state index contributed by atoms with van der Waals surface area (Å²) in [6.45, 7) is 14.5. The number of amides is 1. The minimum absolute atomic E-state index is 0.111. The van der Waals surface area contributed by atoms with Crippen LogP contribution in [0.4, 0.5) is 4.79 Å². The molecule has 0 aliphatic heterocycles. The van der Waals surface area contributed by atoms with Crippen LogP contribution in [0, 0.1) is 17.8 Å². The number of ether oxygens (including phenoxy) is 3. The van der Waals surface area contributed by atoms with Crippen LogP contribution in [-0.2, 0) is 14.2 Å². The average Bonchev–Trinajstić information content (AvgIpc) is 2.49. The van der Waals surface area contributed by atoms with Gasteiger partial charge in [-0.3, -0.25) is 0 Å². The van der Waals surface area contributed by atoms with E-state index in [0.717, 1.165) is 12.0 Å². The van der Waals surface area contributed by atoms with Crippen LogP contribution in [0.25, 0.3) is 0 Å². The average molecular weight is 356 g/mol. The lowest BCUT2D eigenvalue weighted by atomic mass is 9.73. The van der Waals surface area contributed by atoms with Crippen molar-refractivity contribution in [2.24, 2.45) is 17.8 Å². The molecular formula is C20H37NO4. The van der Waals surface area contributed by atoms with Crippen LogP contribution in [0.1, 0.15) is 54.9 Å². The summed E-state index contributed by atoms with van der Waals surface area (Å²) in [5.74, 6) is 0.934. The third-order valence-electron chi connectivity index (χ3n) is 5.15. The van der Waals surface area contributed by atoms with Crippen molar-refractivity contribution in [3.8, 4) is 0 Å². The number of hydrogen-bond donors (Lipinski definition) is 0. The Morgan fingerprint density at radius 2 is 1.60 bits per heavy atom. The van der Waals surface area contributed by atoms with Gasteiger partial charge >= 0.3 is 6.09 Å². The van der Waals surface area contributed by atoms with Gasteiger partial charge < -0.3 is 19.1 Å². The first-order chi connectivity index (χ1) is 11.6. The molecule has 1 aliphatic carbocycles. The second-order valence-electron chi connectivity index (χ2n) is 7.94. The van der Waals surface area contributed by atoms with E-state index in [4.69, 9.17) is 14.2 Å². The number of carbonyl (C=O) groups excluding carboxylic acids is 1. The minimum atomic E-state index is -0.276. The van der Waals surface area contributed by atoms with E-state index in [1.165, 1.54) is 0 Å². The predicted octanol–water partition coefficient (Wildman–Crippen LogP) is 4.47. The van der Waals surface area contributed by atoms with Gasteiger partial charge in [0.2, 0.25) is 0 Å². The molecule has 0 saturated heterocycles. The summed E-state index contributed by atoms with van der Waals surface area (Å²) >= 11 is 0. The van der Waals surface area contributed by atoms with Crippen molar-refractivity contribution >= 4 is 6.09 Å². The second kappa shape index (κ2) is 9.58. The number of hydrogen-bond acceptors (Lipinski definition) is 4. The van der Waals surface area contributed by atoms with E-state index < -0.39 is 0 Å². The Morgan fingerprint density at radius 1 is 1.08 bits per heavy atom. The minimum Gasteiger partial charge on any atom is -0.442 e. The summed E-state index contributed by atoms with van der Waals surface area (Å²) in [6, 6.07) is 0.223. The van der Waals surface area contributed by atoms with Crippen LogP contribution >= 0.6 is 0 Å². The topological polar surface area (TPSA) is 48.0 Å².